The molecule has 1 aromatic heterocycles. The number of rotatable bonds is 6. The van der Waals surface area contributed by atoms with Crippen molar-refractivity contribution in [1.29, 1.82) is 0 Å². The maximum atomic E-state index is 12.0. The summed E-state index contributed by atoms with van der Waals surface area (Å²) in [6.45, 7) is 3.10. The Bertz CT molecular complexity index is 464. The molecular weight excluding hydrogens is 222 g/mol. The monoisotopic (exact) mass is 241 g/mol. The zero-order valence-corrected chi connectivity index (χ0v) is 10.3. The molecule has 17 heavy (non-hydrogen) atoms. The van der Waals surface area contributed by atoms with E-state index in [-0.39, 0.29) is 17.4 Å². The van der Waals surface area contributed by atoms with E-state index in [1.54, 1.807) is 7.11 Å². The SMILES string of the molecule is COC(C)Cn1ccc(=O)n(CCCN)c1=O. The Balaban J connectivity index is 3.02. The van der Waals surface area contributed by atoms with Gasteiger partial charge in [0, 0.05) is 25.9 Å². The topological polar surface area (TPSA) is 79.2 Å². The quantitative estimate of drug-likeness (QED) is 0.721. The predicted octanol–water partition coefficient (Wildman–Crippen LogP) is -0.606. The van der Waals surface area contributed by atoms with Gasteiger partial charge in [0.15, 0.2) is 0 Å². The molecule has 1 unspecified atom stereocenters. The molecule has 0 bridgehead atoms. The van der Waals surface area contributed by atoms with Crippen molar-refractivity contribution in [3.63, 3.8) is 0 Å². The van der Waals surface area contributed by atoms with Gasteiger partial charge in [0.1, 0.15) is 0 Å². The molecule has 1 aromatic rings. The van der Waals surface area contributed by atoms with Gasteiger partial charge >= 0.3 is 5.69 Å². The van der Waals surface area contributed by atoms with E-state index >= 15 is 0 Å². The first-order valence-electron chi connectivity index (χ1n) is 5.63. The fourth-order valence-electron chi connectivity index (χ4n) is 1.50. The summed E-state index contributed by atoms with van der Waals surface area (Å²) in [7, 11) is 1.58. The van der Waals surface area contributed by atoms with Gasteiger partial charge in [0.2, 0.25) is 0 Å². The molecule has 0 aliphatic heterocycles. The van der Waals surface area contributed by atoms with Crippen molar-refractivity contribution in [3.05, 3.63) is 33.1 Å². The van der Waals surface area contributed by atoms with Crippen LogP contribution in [0.2, 0.25) is 0 Å². The second kappa shape index (κ2) is 6.36. The van der Waals surface area contributed by atoms with Crippen molar-refractivity contribution < 1.29 is 4.74 Å². The summed E-state index contributed by atoms with van der Waals surface area (Å²) in [5.74, 6) is 0. The Morgan fingerprint density at radius 3 is 2.76 bits per heavy atom. The Hall–Kier alpha value is -1.40. The molecule has 0 radical (unpaired) electrons. The largest absolute Gasteiger partial charge is 0.380 e. The summed E-state index contributed by atoms with van der Waals surface area (Å²) in [5, 5.41) is 0. The molecular formula is C11H19N3O3. The highest BCUT2D eigenvalue weighted by Crippen LogP contribution is 1.91. The van der Waals surface area contributed by atoms with Crippen molar-refractivity contribution in [3.8, 4) is 0 Å². The van der Waals surface area contributed by atoms with E-state index in [2.05, 4.69) is 0 Å². The third kappa shape index (κ3) is 3.54. The lowest BCUT2D eigenvalue weighted by Crippen LogP contribution is -2.40. The van der Waals surface area contributed by atoms with Crippen LogP contribution in [0.4, 0.5) is 0 Å². The van der Waals surface area contributed by atoms with Crippen molar-refractivity contribution in [1.82, 2.24) is 9.13 Å². The first-order valence-corrected chi connectivity index (χ1v) is 5.63. The highest BCUT2D eigenvalue weighted by Gasteiger charge is 2.07. The van der Waals surface area contributed by atoms with E-state index in [0.717, 1.165) is 0 Å². The second-order valence-corrected chi connectivity index (χ2v) is 3.93. The Kier molecular flexibility index (Phi) is 5.11. The van der Waals surface area contributed by atoms with E-state index in [4.69, 9.17) is 10.5 Å². The summed E-state index contributed by atoms with van der Waals surface area (Å²) in [4.78, 5) is 23.5. The minimum atomic E-state index is -0.310. The van der Waals surface area contributed by atoms with Crippen LogP contribution in [0.25, 0.3) is 0 Å². The molecule has 96 valence electrons. The summed E-state index contributed by atoms with van der Waals surface area (Å²) < 4.78 is 7.78. The van der Waals surface area contributed by atoms with Gasteiger partial charge < -0.3 is 10.5 Å². The smallest absolute Gasteiger partial charge is 0.331 e. The fourth-order valence-corrected chi connectivity index (χ4v) is 1.50. The fraction of sp³-hybridized carbons (Fsp3) is 0.636. The van der Waals surface area contributed by atoms with Gasteiger partial charge in [-0.15, -0.1) is 0 Å². The molecule has 0 aliphatic carbocycles. The van der Waals surface area contributed by atoms with Gasteiger partial charge in [-0.05, 0) is 19.9 Å². The Labute approximate surface area is 99.6 Å². The van der Waals surface area contributed by atoms with Crippen molar-refractivity contribution in [2.75, 3.05) is 13.7 Å². The van der Waals surface area contributed by atoms with Crippen molar-refractivity contribution >= 4 is 0 Å². The molecule has 1 atom stereocenters. The zero-order chi connectivity index (χ0) is 12.8. The molecule has 0 aliphatic rings. The summed E-state index contributed by atoms with van der Waals surface area (Å²) >= 11 is 0. The van der Waals surface area contributed by atoms with Crippen LogP contribution < -0.4 is 17.0 Å². The molecule has 1 rings (SSSR count). The van der Waals surface area contributed by atoms with Gasteiger partial charge in [-0.1, -0.05) is 0 Å². The van der Waals surface area contributed by atoms with Gasteiger partial charge in [-0.2, -0.15) is 0 Å². The number of aromatic nitrogens is 2. The zero-order valence-electron chi connectivity index (χ0n) is 10.3. The molecule has 6 nitrogen and oxygen atoms in total. The summed E-state index contributed by atoms with van der Waals surface area (Å²) in [5.41, 5.74) is 4.78. The van der Waals surface area contributed by atoms with E-state index < -0.39 is 0 Å². The highest BCUT2D eigenvalue weighted by molar-refractivity contribution is 4.86. The summed E-state index contributed by atoms with van der Waals surface area (Å²) in [6.07, 6.45) is 2.03. The van der Waals surface area contributed by atoms with Crippen molar-refractivity contribution in [2.45, 2.75) is 32.5 Å². The predicted molar refractivity (Wildman–Crippen MR) is 65.1 cm³/mol. The third-order valence-electron chi connectivity index (χ3n) is 2.58. The van der Waals surface area contributed by atoms with E-state index in [9.17, 15) is 9.59 Å². The van der Waals surface area contributed by atoms with E-state index in [1.165, 1.54) is 21.4 Å². The first kappa shape index (κ1) is 13.7. The lowest BCUT2D eigenvalue weighted by molar-refractivity contribution is 0.101. The first-order chi connectivity index (χ1) is 8.10. The van der Waals surface area contributed by atoms with Crippen LogP contribution >= 0.6 is 0 Å². The lowest BCUT2D eigenvalue weighted by atomic mass is 10.4. The van der Waals surface area contributed by atoms with Crippen LogP contribution in [0.5, 0.6) is 0 Å². The Morgan fingerprint density at radius 2 is 2.18 bits per heavy atom. The number of hydrogen-bond acceptors (Lipinski definition) is 4. The number of ether oxygens (including phenoxy) is 1. The van der Waals surface area contributed by atoms with Crippen LogP contribution in [-0.2, 0) is 17.8 Å². The number of nitrogens with zero attached hydrogens (tertiary/aromatic N) is 2. The molecule has 2 N–H and O–H groups in total. The molecule has 6 heteroatoms. The van der Waals surface area contributed by atoms with Gasteiger partial charge in [0.05, 0.1) is 12.6 Å². The average molecular weight is 241 g/mol. The average Bonchev–Trinajstić information content (AvgIpc) is 2.32. The summed E-state index contributed by atoms with van der Waals surface area (Å²) in [6, 6.07) is 1.39. The number of hydrogen-bond donors (Lipinski definition) is 1. The van der Waals surface area contributed by atoms with Crippen LogP contribution in [-0.4, -0.2) is 28.9 Å². The second-order valence-electron chi connectivity index (χ2n) is 3.93. The molecule has 0 aromatic carbocycles. The maximum Gasteiger partial charge on any atom is 0.331 e. The molecule has 0 fully saturated rings. The van der Waals surface area contributed by atoms with E-state index in [1.807, 2.05) is 6.92 Å². The minimum absolute atomic E-state index is 0.0758. The van der Waals surface area contributed by atoms with Gasteiger partial charge in [-0.3, -0.25) is 13.9 Å². The molecule has 0 saturated heterocycles. The lowest BCUT2D eigenvalue weighted by Gasteiger charge is -2.13. The van der Waals surface area contributed by atoms with Crippen molar-refractivity contribution in [2.24, 2.45) is 5.73 Å². The molecule has 0 saturated carbocycles. The van der Waals surface area contributed by atoms with Crippen LogP contribution in [0.3, 0.4) is 0 Å². The normalized spacial score (nSPS) is 12.6. The number of nitrogens with two attached hydrogens (primary N) is 1. The maximum absolute atomic E-state index is 12.0. The Morgan fingerprint density at radius 1 is 1.47 bits per heavy atom. The molecule has 0 spiro atoms. The molecule has 0 amide bonds. The standard InChI is InChI=1S/C11H19N3O3/c1-9(17-2)8-13-7-4-10(15)14(11(13)16)6-3-5-12/h4,7,9H,3,5-6,8,12H2,1-2H3. The molecule has 1 heterocycles. The van der Waals surface area contributed by atoms with Crippen LogP contribution in [0.15, 0.2) is 21.9 Å². The third-order valence-corrected chi connectivity index (χ3v) is 2.58. The van der Waals surface area contributed by atoms with E-state index in [0.29, 0.717) is 26.1 Å². The highest BCUT2D eigenvalue weighted by atomic mass is 16.5. The van der Waals surface area contributed by atoms with Crippen LogP contribution in [0.1, 0.15) is 13.3 Å². The minimum Gasteiger partial charge on any atom is -0.380 e. The van der Waals surface area contributed by atoms with Crippen LogP contribution in [0, 0.1) is 0 Å². The number of methoxy groups -OCH3 is 1. The van der Waals surface area contributed by atoms with Gasteiger partial charge in [0.25, 0.3) is 5.56 Å². The van der Waals surface area contributed by atoms with Gasteiger partial charge in [-0.25, -0.2) is 4.79 Å².